The molecule has 1 unspecified atom stereocenters. The van der Waals surface area contributed by atoms with Gasteiger partial charge >= 0.3 is 6.18 Å². The number of hydrogen-bond acceptors (Lipinski definition) is 4. The molecule has 0 aromatic heterocycles. The van der Waals surface area contributed by atoms with Crippen molar-refractivity contribution in [3.8, 4) is 0 Å². The number of nitrogens with two attached hydrogens (primary N) is 1. The molecule has 0 amide bonds. The molecular formula is C13H20F3N3O. The SMILES string of the molecule is CN(C)CC(C)(O)CNc1ccc(C(F)(F)F)cc1N. The molecule has 1 atom stereocenters. The Morgan fingerprint density at radius 1 is 1.30 bits per heavy atom. The fraction of sp³-hybridized carbons (Fsp3) is 0.538. The zero-order valence-electron chi connectivity index (χ0n) is 11.8. The maximum absolute atomic E-state index is 12.5. The number of alkyl halides is 3. The first kappa shape index (κ1) is 16.6. The second kappa shape index (κ2) is 5.88. The van der Waals surface area contributed by atoms with Gasteiger partial charge in [-0.1, -0.05) is 0 Å². The second-order valence-corrected chi connectivity index (χ2v) is 5.39. The Balaban J connectivity index is 2.75. The van der Waals surface area contributed by atoms with Crippen molar-refractivity contribution in [2.75, 3.05) is 38.2 Å². The fourth-order valence-electron chi connectivity index (χ4n) is 1.92. The van der Waals surface area contributed by atoms with Crippen LogP contribution in [0.1, 0.15) is 12.5 Å². The van der Waals surface area contributed by atoms with Crippen LogP contribution in [0.3, 0.4) is 0 Å². The molecule has 0 aliphatic heterocycles. The molecule has 0 spiro atoms. The van der Waals surface area contributed by atoms with Crippen LogP contribution in [-0.4, -0.2) is 42.8 Å². The van der Waals surface area contributed by atoms with Gasteiger partial charge in [-0.3, -0.25) is 0 Å². The number of nitrogens with zero attached hydrogens (tertiary/aromatic N) is 1. The molecule has 0 saturated heterocycles. The van der Waals surface area contributed by atoms with Crippen LogP contribution in [0.15, 0.2) is 18.2 Å². The van der Waals surface area contributed by atoms with E-state index in [-0.39, 0.29) is 12.2 Å². The predicted octanol–water partition coefficient (Wildman–Crippen LogP) is 2.01. The number of halogens is 3. The summed E-state index contributed by atoms with van der Waals surface area (Å²) in [5, 5.41) is 13.0. The maximum atomic E-state index is 12.5. The number of aliphatic hydroxyl groups is 1. The molecule has 0 saturated carbocycles. The van der Waals surface area contributed by atoms with Crippen molar-refractivity contribution in [3.05, 3.63) is 23.8 Å². The smallest absolute Gasteiger partial charge is 0.397 e. The Morgan fingerprint density at radius 3 is 2.35 bits per heavy atom. The highest BCUT2D eigenvalue weighted by atomic mass is 19.4. The molecule has 0 heterocycles. The Kier molecular flexibility index (Phi) is 4.88. The van der Waals surface area contributed by atoms with Gasteiger partial charge in [0.1, 0.15) is 0 Å². The predicted molar refractivity (Wildman–Crippen MR) is 73.5 cm³/mol. The third kappa shape index (κ3) is 4.90. The summed E-state index contributed by atoms with van der Waals surface area (Å²) in [6, 6.07) is 3.10. The van der Waals surface area contributed by atoms with E-state index in [1.54, 1.807) is 6.92 Å². The summed E-state index contributed by atoms with van der Waals surface area (Å²) in [7, 11) is 3.64. The lowest BCUT2D eigenvalue weighted by molar-refractivity contribution is -0.137. The molecule has 0 aliphatic carbocycles. The van der Waals surface area contributed by atoms with Crippen LogP contribution in [0, 0.1) is 0 Å². The molecule has 114 valence electrons. The molecule has 20 heavy (non-hydrogen) atoms. The minimum absolute atomic E-state index is 0.000443. The normalized spacial score (nSPS) is 15.2. The molecule has 0 bridgehead atoms. The summed E-state index contributed by atoms with van der Waals surface area (Å²) in [6.45, 7) is 2.24. The van der Waals surface area contributed by atoms with Gasteiger partial charge in [0.25, 0.3) is 0 Å². The average Bonchev–Trinajstić information content (AvgIpc) is 2.24. The van der Waals surface area contributed by atoms with Crippen LogP contribution >= 0.6 is 0 Å². The van der Waals surface area contributed by atoms with Crippen molar-refractivity contribution in [2.24, 2.45) is 0 Å². The Morgan fingerprint density at radius 2 is 1.90 bits per heavy atom. The van der Waals surface area contributed by atoms with E-state index in [0.717, 1.165) is 12.1 Å². The topological polar surface area (TPSA) is 61.5 Å². The zero-order valence-corrected chi connectivity index (χ0v) is 11.8. The highest BCUT2D eigenvalue weighted by Crippen LogP contribution is 2.32. The number of nitrogens with one attached hydrogen (secondary N) is 1. The van der Waals surface area contributed by atoms with Crippen molar-refractivity contribution in [2.45, 2.75) is 18.7 Å². The van der Waals surface area contributed by atoms with Gasteiger partial charge in [0.2, 0.25) is 0 Å². The molecule has 4 nitrogen and oxygen atoms in total. The maximum Gasteiger partial charge on any atom is 0.416 e. The summed E-state index contributed by atoms with van der Waals surface area (Å²) in [4.78, 5) is 1.82. The molecular weight excluding hydrogens is 271 g/mol. The average molecular weight is 291 g/mol. The van der Waals surface area contributed by atoms with Crippen molar-refractivity contribution >= 4 is 11.4 Å². The summed E-state index contributed by atoms with van der Waals surface area (Å²) in [5.41, 5.74) is 4.16. The van der Waals surface area contributed by atoms with Crippen LogP contribution in [0.25, 0.3) is 0 Å². The van der Waals surface area contributed by atoms with E-state index < -0.39 is 17.3 Å². The molecule has 0 aliphatic rings. The van der Waals surface area contributed by atoms with Gasteiger partial charge in [0.05, 0.1) is 22.5 Å². The standard InChI is InChI=1S/C13H20F3N3O/c1-12(20,8-19(2)3)7-18-11-5-4-9(6-10(11)17)13(14,15)16/h4-6,18,20H,7-8,17H2,1-3H3. The van der Waals surface area contributed by atoms with Crippen LogP contribution in [0.2, 0.25) is 0 Å². The molecule has 4 N–H and O–H groups in total. The largest absolute Gasteiger partial charge is 0.416 e. The number of rotatable bonds is 5. The number of nitrogen functional groups attached to an aromatic ring is 1. The minimum atomic E-state index is -4.41. The Hall–Kier alpha value is -1.47. The molecule has 1 aromatic rings. The van der Waals surface area contributed by atoms with Gasteiger partial charge < -0.3 is 21.1 Å². The van der Waals surface area contributed by atoms with Crippen molar-refractivity contribution in [1.29, 1.82) is 0 Å². The van der Waals surface area contributed by atoms with Gasteiger partial charge in [-0.2, -0.15) is 13.2 Å². The van der Waals surface area contributed by atoms with Crippen LogP contribution < -0.4 is 11.1 Å². The van der Waals surface area contributed by atoms with Gasteiger partial charge in [0, 0.05) is 13.1 Å². The summed E-state index contributed by atoms with van der Waals surface area (Å²) in [6.07, 6.45) is -4.41. The highest BCUT2D eigenvalue weighted by molar-refractivity contribution is 5.67. The van der Waals surface area contributed by atoms with E-state index in [1.165, 1.54) is 6.07 Å². The first-order valence-electron chi connectivity index (χ1n) is 6.09. The van der Waals surface area contributed by atoms with Crippen molar-refractivity contribution in [3.63, 3.8) is 0 Å². The van der Waals surface area contributed by atoms with Crippen LogP contribution in [0.4, 0.5) is 24.5 Å². The van der Waals surface area contributed by atoms with E-state index in [4.69, 9.17) is 5.73 Å². The minimum Gasteiger partial charge on any atom is -0.397 e. The van der Waals surface area contributed by atoms with E-state index in [0.29, 0.717) is 12.2 Å². The second-order valence-electron chi connectivity index (χ2n) is 5.39. The lowest BCUT2D eigenvalue weighted by atomic mass is 10.1. The van der Waals surface area contributed by atoms with E-state index >= 15 is 0 Å². The van der Waals surface area contributed by atoms with Gasteiger partial charge in [0.15, 0.2) is 0 Å². The first-order valence-corrected chi connectivity index (χ1v) is 6.09. The van der Waals surface area contributed by atoms with E-state index in [1.807, 2.05) is 19.0 Å². The van der Waals surface area contributed by atoms with Crippen molar-refractivity contribution in [1.82, 2.24) is 4.90 Å². The number of anilines is 2. The molecule has 1 rings (SSSR count). The first-order chi connectivity index (χ1) is 9.01. The fourth-order valence-corrected chi connectivity index (χ4v) is 1.92. The summed E-state index contributed by atoms with van der Waals surface area (Å²) >= 11 is 0. The van der Waals surface area contributed by atoms with Crippen LogP contribution in [-0.2, 0) is 6.18 Å². The molecule has 1 aromatic carbocycles. The van der Waals surface area contributed by atoms with E-state index in [2.05, 4.69) is 5.32 Å². The highest BCUT2D eigenvalue weighted by Gasteiger charge is 2.31. The van der Waals surface area contributed by atoms with Gasteiger partial charge in [-0.25, -0.2) is 0 Å². The number of benzene rings is 1. The zero-order chi connectivity index (χ0) is 15.6. The third-order valence-corrected chi connectivity index (χ3v) is 2.70. The van der Waals surface area contributed by atoms with Gasteiger partial charge in [-0.05, 0) is 39.2 Å². The molecule has 0 fully saturated rings. The van der Waals surface area contributed by atoms with Gasteiger partial charge in [-0.15, -0.1) is 0 Å². The summed E-state index contributed by atoms with van der Waals surface area (Å²) in [5.74, 6) is 0. The quantitative estimate of drug-likeness (QED) is 0.726. The molecule has 7 heteroatoms. The van der Waals surface area contributed by atoms with Crippen molar-refractivity contribution < 1.29 is 18.3 Å². The number of likely N-dealkylation sites (N-methyl/N-ethyl adjacent to an activating group) is 1. The summed E-state index contributed by atoms with van der Waals surface area (Å²) < 4.78 is 37.5. The Bertz CT molecular complexity index is 459. The van der Waals surface area contributed by atoms with E-state index in [9.17, 15) is 18.3 Å². The molecule has 0 radical (unpaired) electrons. The lowest BCUT2D eigenvalue weighted by Gasteiger charge is -2.27. The third-order valence-electron chi connectivity index (χ3n) is 2.70. The number of hydrogen-bond donors (Lipinski definition) is 3. The monoisotopic (exact) mass is 291 g/mol. The lowest BCUT2D eigenvalue weighted by Crippen LogP contribution is -2.43. The Labute approximate surface area is 116 Å². The van der Waals surface area contributed by atoms with Crippen LogP contribution in [0.5, 0.6) is 0 Å².